The minimum Gasteiger partial charge on any atom is -0.398 e. The highest BCUT2D eigenvalue weighted by atomic mass is 28.4. The van der Waals surface area contributed by atoms with Crippen LogP contribution < -0.4 is 0 Å². The molecule has 0 radical (unpaired) electrons. The van der Waals surface area contributed by atoms with Gasteiger partial charge in [-0.05, 0) is 24.2 Å². The Balaban J connectivity index is 4.36. The zero-order valence-corrected chi connectivity index (χ0v) is 19.1. The van der Waals surface area contributed by atoms with Crippen molar-refractivity contribution in [1.29, 1.82) is 0 Å². The van der Waals surface area contributed by atoms with Crippen LogP contribution in [0.25, 0.3) is 0 Å². The third kappa shape index (κ3) is 9.10. The molecule has 6 heteroatoms. The van der Waals surface area contributed by atoms with Crippen LogP contribution in [0, 0.1) is 0 Å². The van der Waals surface area contributed by atoms with Gasteiger partial charge in [0.05, 0.1) is 0 Å². The first kappa shape index (κ1) is 24.3. The van der Waals surface area contributed by atoms with Gasteiger partial charge in [-0.3, -0.25) is 0 Å². The summed E-state index contributed by atoms with van der Waals surface area (Å²) >= 11 is 0. The van der Waals surface area contributed by atoms with Crippen molar-refractivity contribution in [3.05, 3.63) is 0 Å². The van der Waals surface area contributed by atoms with Crippen LogP contribution in [0.3, 0.4) is 0 Å². The summed E-state index contributed by atoms with van der Waals surface area (Å²) in [4.78, 5) is 0. The maximum absolute atomic E-state index is 5.86. The van der Waals surface area contributed by atoms with Crippen LogP contribution in [0.1, 0.15) is 65.2 Å². The molecule has 146 valence electrons. The first-order valence-corrected chi connectivity index (χ1v) is 14.2. The minimum absolute atomic E-state index is 1.08. The van der Waals surface area contributed by atoms with E-state index in [4.69, 9.17) is 17.7 Å². The van der Waals surface area contributed by atoms with E-state index in [0.29, 0.717) is 0 Å². The third-order valence-corrected chi connectivity index (χ3v) is 12.6. The molecule has 0 aliphatic rings. The van der Waals surface area contributed by atoms with E-state index in [1.54, 1.807) is 0 Å². The average Bonchev–Trinajstić information content (AvgIpc) is 2.62. The van der Waals surface area contributed by atoms with Crippen LogP contribution in [0.4, 0.5) is 0 Å². The van der Waals surface area contributed by atoms with Crippen LogP contribution in [-0.2, 0) is 17.7 Å². The Morgan fingerprint density at radius 2 is 0.708 bits per heavy atom. The fourth-order valence-corrected chi connectivity index (χ4v) is 8.93. The monoisotopic (exact) mass is 378 g/mol. The quantitative estimate of drug-likeness (QED) is 0.243. The van der Waals surface area contributed by atoms with Gasteiger partial charge in [-0.25, -0.2) is 0 Å². The first-order valence-electron chi connectivity index (χ1n) is 9.78. The molecular formula is C18H42O4Si2. The zero-order chi connectivity index (χ0) is 18.3. The van der Waals surface area contributed by atoms with E-state index in [2.05, 4.69) is 13.8 Å². The van der Waals surface area contributed by atoms with E-state index in [1.807, 2.05) is 28.4 Å². The molecule has 4 nitrogen and oxygen atoms in total. The Morgan fingerprint density at radius 1 is 0.458 bits per heavy atom. The standard InChI is InChI=1S/C18H42O4Si2/c1-7-9-11-15-23(19-3,20-4)17-13-14-18-24(21-5,22-6)16-12-10-8-2/h7-18H2,1-6H3. The van der Waals surface area contributed by atoms with Crippen molar-refractivity contribution in [3.63, 3.8) is 0 Å². The normalized spacial score (nSPS) is 12.8. The molecule has 0 heterocycles. The predicted octanol–water partition coefficient (Wildman–Crippen LogP) is 5.62. The lowest BCUT2D eigenvalue weighted by atomic mass is 10.3. The van der Waals surface area contributed by atoms with Gasteiger partial charge in [0.15, 0.2) is 0 Å². The topological polar surface area (TPSA) is 36.9 Å². The summed E-state index contributed by atoms with van der Waals surface area (Å²) in [6.45, 7) is 4.47. The van der Waals surface area contributed by atoms with Gasteiger partial charge in [0.1, 0.15) is 0 Å². The van der Waals surface area contributed by atoms with Gasteiger partial charge in [0.2, 0.25) is 0 Å². The van der Waals surface area contributed by atoms with Crippen molar-refractivity contribution in [3.8, 4) is 0 Å². The summed E-state index contributed by atoms with van der Waals surface area (Å²) in [6, 6.07) is 4.39. The van der Waals surface area contributed by atoms with Crippen molar-refractivity contribution < 1.29 is 17.7 Å². The van der Waals surface area contributed by atoms with E-state index in [-0.39, 0.29) is 0 Å². The second-order valence-corrected chi connectivity index (χ2v) is 14.0. The molecule has 0 aromatic rings. The SMILES string of the molecule is CCCCC[Si](CCCC[Si](CCCCC)(OC)OC)(OC)OC. The summed E-state index contributed by atoms with van der Waals surface area (Å²) in [5.41, 5.74) is 0. The lowest BCUT2D eigenvalue weighted by Crippen LogP contribution is -2.41. The third-order valence-electron chi connectivity index (χ3n) is 5.18. The zero-order valence-electron chi connectivity index (χ0n) is 17.1. The van der Waals surface area contributed by atoms with Crippen LogP contribution in [-0.4, -0.2) is 45.6 Å². The van der Waals surface area contributed by atoms with Gasteiger partial charge in [0, 0.05) is 28.4 Å². The summed E-state index contributed by atoms with van der Waals surface area (Å²) in [5, 5.41) is 0. The number of hydrogen-bond donors (Lipinski definition) is 0. The summed E-state index contributed by atoms with van der Waals surface area (Å²) < 4.78 is 23.5. The first-order chi connectivity index (χ1) is 11.6. The van der Waals surface area contributed by atoms with Crippen LogP contribution in [0.15, 0.2) is 0 Å². The molecule has 0 N–H and O–H groups in total. The fourth-order valence-electron chi connectivity index (χ4n) is 3.31. The van der Waals surface area contributed by atoms with Crippen LogP contribution in [0.5, 0.6) is 0 Å². The maximum atomic E-state index is 5.86. The van der Waals surface area contributed by atoms with E-state index in [0.717, 1.165) is 37.0 Å². The van der Waals surface area contributed by atoms with Gasteiger partial charge in [-0.15, -0.1) is 0 Å². The second-order valence-electron chi connectivity index (χ2n) is 6.76. The second kappa shape index (κ2) is 14.4. The van der Waals surface area contributed by atoms with Crippen molar-refractivity contribution >= 4 is 17.1 Å². The van der Waals surface area contributed by atoms with Crippen molar-refractivity contribution in [2.24, 2.45) is 0 Å². The molecule has 0 aliphatic heterocycles. The van der Waals surface area contributed by atoms with Crippen molar-refractivity contribution in [2.75, 3.05) is 28.4 Å². The maximum Gasteiger partial charge on any atom is 0.337 e. The van der Waals surface area contributed by atoms with Gasteiger partial charge in [-0.2, -0.15) is 0 Å². The Hall–Kier alpha value is 0.274. The Morgan fingerprint density at radius 3 is 0.917 bits per heavy atom. The van der Waals surface area contributed by atoms with Gasteiger partial charge in [0.25, 0.3) is 0 Å². The molecule has 0 aromatic heterocycles. The molecule has 0 saturated carbocycles. The summed E-state index contributed by atoms with van der Waals surface area (Å²) in [7, 11) is 3.33. The van der Waals surface area contributed by atoms with E-state index >= 15 is 0 Å². The predicted molar refractivity (Wildman–Crippen MR) is 107 cm³/mol. The highest BCUT2D eigenvalue weighted by molar-refractivity contribution is 6.68. The molecule has 0 aliphatic carbocycles. The number of rotatable bonds is 17. The van der Waals surface area contributed by atoms with Gasteiger partial charge in [-0.1, -0.05) is 65.2 Å². The molecule has 0 fully saturated rings. The Kier molecular flexibility index (Phi) is 14.6. The summed E-state index contributed by atoms with van der Waals surface area (Å²) in [6.07, 6.45) is 9.75. The van der Waals surface area contributed by atoms with Crippen molar-refractivity contribution in [1.82, 2.24) is 0 Å². The fraction of sp³-hybridized carbons (Fsp3) is 1.00. The molecule has 0 bridgehead atoms. The van der Waals surface area contributed by atoms with E-state index < -0.39 is 17.1 Å². The largest absolute Gasteiger partial charge is 0.398 e. The van der Waals surface area contributed by atoms with Crippen molar-refractivity contribution in [2.45, 2.75) is 89.4 Å². The van der Waals surface area contributed by atoms with Crippen LogP contribution >= 0.6 is 0 Å². The molecule has 24 heavy (non-hydrogen) atoms. The lowest BCUT2D eigenvalue weighted by Gasteiger charge is -2.29. The van der Waals surface area contributed by atoms with E-state index in [9.17, 15) is 0 Å². The number of unbranched alkanes of at least 4 members (excludes halogenated alkanes) is 5. The lowest BCUT2D eigenvalue weighted by molar-refractivity contribution is 0.233. The smallest absolute Gasteiger partial charge is 0.337 e. The molecule has 0 aromatic carbocycles. The Labute approximate surface area is 153 Å². The molecule has 0 atom stereocenters. The molecule has 0 saturated heterocycles. The molecule has 0 spiro atoms. The summed E-state index contributed by atoms with van der Waals surface area (Å²) in [5.74, 6) is 0. The highest BCUT2D eigenvalue weighted by Gasteiger charge is 2.37. The molecule has 0 amide bonds. The van der Waals surface area contributed by atoms with E-state index in [1.165, 1.54) is 38.5 Å². The number of hydrogen-bond acceptors (Lipinski definition) is 4. The molecular weight excluding hydrogens is 336 g/mol. The average molecular weight is 379 g/mol. The Bertz CT molecular complexity index is 254. The molecule has 0 rings (SSSR count). The van der Waals surface area contributed by atoms with Gasteiger partial charge >= 0.3 is 17.1 Å². The minimum atomic E-state index is -1.99. The van der Waals surface area contributed by atoms with Crippen LogP contribution in [0.2, 0.25) is 24.2 Å². The van der Waals surface area contributed by atoms with Gasteiger partial charge < -0.3 is 17.7 Å². The highest BCUT2D eigenvalue weighted by Crippen LogP contribution is 2.28. The molecule has 0 unspecified atom stereocenters.